The van der Waals surface area contributed by atoms with Gasteiger partial charge in [-0.2, -0.15) is 0 Å². The van der Waals surface area contributed by atoms with Crippen molar-refractivity contribution in [1.82, 2.24) is 0 Å². The van der Waals surface area contributed by atoms with Crippen molar-refractivity contribution >= 4 is 11.9 Å². The monoisotopic (exact) mass is 275 g/mol. The van der Waals surface area contributed by atoms with Crippen molar-refractivity contribution in [3.63, 3.8) is 0 Å². The normalized spacial score (nSPS) is 31.9. The summed E-state index contributed by atoms with van der Waals surface area (Å²) in [6, 6.07) is 6.87. The highest BCUT2D eigenvalue weighted by atomic mass is 16.4. The van der Waals surface area contributed by atoms with E-state index < -0.39 is 23.4 Å². The minimum atomic E-state index is -1.00. The number of hydrogen-bond acceptors (Lipinski definition) is 3. The molecule has 0 unspecified atom stereocenters. The lowest BCUT2D eigenvalue weighted by atomic mass is 9.33. The Morgan fingerprint density at radius 2 is 1.70 bits per heavy atom. The number of nitrogens with two attached hydrogens (primary N) is 1. The molecule has 1 aromatic carbocycles. The van der Waals surface area contributed by atoms with Crippen LogP contribution in [-0.4, -0.2) is 28.2 Å². The van der Waals surface area contributed by atoms with E-state index in [1.165, 1.54) is 0 Å². The molecule has 1 atom stereocenters. The maximum atomic E-state index is 11.1. The molecule has 4 rings (SSSR count). The summed E-state index contributed by atoms with van der Waals surface area (Å²) in [5.74, 6) is -1.68. The number of hydrogen-bond donors (Lipinski definition) is 3. The molecule has 2 bridgehead atoms. The molecule has 3 aliphatic rings. The van der Waals surface area contributed by atoms with E-state index in [-0.39, 0.29) is 5.41 Å². The third-order valence-electron chi connectivity index (χ3n) is 4.82. The standard InChI is InChI=1S/C15H17NO4/c16-11(12(17)18)5-9-1-3-10(4-2-9)14-6-15(7-14,8-14)13(19)20/h1-4,11H,5-8,16H2,(H,17,18)(H,19,20)/t11-,14?,15?/m0/s1. The summed E-state index contributed by atoms with van der Waals surface area (Å²) in [7, 11) is 0. The van der Waals surface area contributed by atoms with Crippen molar-refractivity contribution in [3.8, 4) is 0 Å². The summed E-state index contributed by atoms with van der Waals surface area (Å²) >= 11 is 0. The van der Waals surface area contributed by atoms with E-state index in [1.54, 1.807) is 0 Å². The van der Waals surface area contributed by atoms with Gasteiger partial charge in [0.05, 0.1) is 5.41 Å². The molecular weight excluding hydrogens is 258 g/mol. The quantitative estimate of drug-likeness (QED) is 0.748. The number of benzene rings is 1. The molecule has 5 heteroatoms. The van der Waals surface area contributed by atoms with Crippen LogP contribution in [0.1, 0.15) is 30.4 Å². The van der Waals surface area contributed by atoms with Crippen LogP contribution < -0.4 is 5.73 Å². The largest absolute Gasteiger partial charge is 0.481 e. The zero-order valence-corrected chi connectivity index (χ0v) is 11.0. The van der Waals surface area contributed by atoms with Crippen LogP contribution in [-0.2, 0) is 21.4 Å². The molecule has 0 aliphatic heterocycles. The molecule has 3 aliphatic carbocycles. The molecule has 1 aromatic rings. The van der Waals surface area contributed by atoms with Crippen molar-refractivity contribution < 1.29 is 19.8 Å². The van der Waals surface area contributed by atoms with Crippen LogP contribution in [0.15, 0.2) is 24.3 Å². The Morgan fingerprint density at radius 1 is 1.15 bits per heavy atom. The predicted octanol–water partition coefficient (Wildman–Crippen LogP) is 1.15. The molecule has 3 fully saturated rings. The zero-order valence-electron chi connectivity index (χ0n) is 11.0. The fraction of sp³-hybridized carbons (Fsp3) is 0.467. The van der Waals surface area contributed by atoms with Crippen LogP contribution in [0, 0.1) is 5.41 Å². The SMILES string of the molecule is N[C@@H](Cc1ccc(C23CC(C(=O)O)(C2)C3)cc1)C(=O)O. The lowest BCUT2D eigenvalue weighted by molar-refractivity contribution is -0.194. The molecule has 0 heterocycles. The number of carbonyl (C=O) groups is 2. The van der Waals surface area contributed by atoms with Gasteiger partial charge in [-0.15, -0.1) is 0 Å². The highest BCUT2D eigenvalue weighted by molar-refractivity contribution is 5.81. The molecule has 4 N–H and O–H groups in total. The van der Waals surface area contributed by atoms with E-state index in [0.717, 1.165) is 30.4 Å². The lowest BCUT2D eigenvalue weighted by Gasteiger charge is -2.68. The van der Waals surface area contributed by atoms with Gasteiger partial charge in [0.25, 0.3) is 0 Å². The van der Waals surface area contributed by atoms with Gasteiger partial charge in [0.2, 0.25) is 0 Å². The third-order valence-corrected chi connectivity index (χ3v) is 4.82. The summed E-state index contributed by atoms with van der Waals surface area (Å²) in [6.45, 7) is 0. The fourth-order valence-electron chi connectivity index (χ4n) is 3.66. The zero-order chi connectivity index (χ0) is 14.5. The first-order chi connectivity index (χ1) is 9.37. The van der Waals surface area contributed by atoms with E-state index in [9.17, 15) is 9.59 Å². The minimum absolute atomic E-state index is 0.0475. The van der Waals surface area contributed by atoms with E-state index in [4.69, 9.17) is 15.9 Å². The van der Waals surface area contributed by atoms with Crippen molar-refractivity contribution in [3.05, 3.63) is 35.4 Å². The van der Waals surface area contributed by atoms with Gasteiger partial charge in [0.1, 0.15) is 6.04 Å². The van der Waals surface area contributed by atoms with E-state index in [1.807, 2.05) is 24.3 Å². The molecule has 5 nitrogen and oxygen atoms in total. The summed E-state index contributed by atoms with van der Waals surface area (Å²) < 4.78 is 0. The number of carboxylic acids is 2. The van der Waals surface area contributed by atoms with Crippen LogP contribution in [0.25, 0.3) is 0 Å². The molecular formula is C15H17NO4. The van der Waals surface area contributed by atoms with Crippen molar-refractivity contribution in [2.45, 2.75) is 37.1 Å². The minimum Gasteiger partial charge on any atom is -0.481 e. The molecule has 0 saturated heterocycles. The second-order valence-corrected chi connectivity index (χ2v) is 6.24. The van der Waals surface area contributed by atoms with Crippen LogP contribution in [0.3, 0.4) is 0 Å². The van der Waals surface area contributed by atoms with Gasteiger partial charge in [-0.25, -0.2) is 0 Å². The summed E-state index contributed by atoms with van der Waals surface area (Å²) in [5.41, 5.74) is 7.14. The highest BCUT2D eigenvalue weighted by Gasteiger charge is 2.72. The van der Waals surface area contributed by atoms with Crippen LogP contribution in [0.5, 0.6) is 0 Å². The van der Waals surface area contributed by atoms with Gasteiger partial charge < -0.3 is 15.9 Å². The Morgan fingerprint density at radius 3 is 2.15 bits per heavy atom. The Labute approximate surface area is 116 Å². The Hall–Kier alpha value is -1.88. The molecule has 3 saturated carbocycles. The Kier molecular flexibility index (Phi) is 2.66. The van der Waals surface area contributed by atoms with Gasteiger partial charge in [0.15, 0.2) is 0 Å². The van der Waals surface area contributed by atoms with Crippen molar-refractivity contribution in [2.24, 2.45) is 11.1 Å². The van der Waals surface area contributed by atoms with Crippen molar-refractivity contribution in [1.29, 1.82) is 0 Å². The van der Waals surface area contributed by atoms with E-state index in [0.29, 0.717) is 6.42 Å². The van der Waals surface area contributed by atoms with Gasteiger partial charge in [-0.1, -0.05) is 24.3 Å². The molecule has 0 spiro atoms. The first-order valence-electron chi connectivity index (χ1n) is 6.68. The highest BCUT2D eigenvalue weighted by Crippen LogP contribution is 2.73. The molecule has 0 radical (unpaired) electrons. The number of aliphatic carboxylic acids is 2. The summed E-state index contributed by atoms with van der Waals surface area (Å²) in [6.07, 6.45) is 2.48. The number of rotatable bonds is 5. The summed E-state index contributed by atoms with van der Waals surface area (Å²) in [5, 5.41) is 17.9. The Bertz CT molecular complexity index is 558. The molecule has 0 amide bonds. The third kappa shape index (κ3) is 1.73. The maximum Gasteiger partial charge on any atom is 0.320 e. The first-order valence-corrected chi connectivity index (χ1v) is 6.68. The number of carboxylic acid groups (broad SMARTS) is 2. The first kappa shape index (κ1) is 13.1. The predicted molar refractivity (Wildman–Crippen MR) is 71.4 cm³/mol. The van der Waals surface area contributed by atoms with Gasteiger partial charge in [-0.05, 0) is 42.2 Å². The maximum absolute atomic E-state index is 11.1. The van der Waals surface area contributed by atoms with Crippen LogP contribution in [0.2, 0.25) is 0 Å². The van der Waals surface area contributed by atoms with Crippen LogP contribution in [0.4, 0.5) is 0 Å². The van der Waals surface area contributed by atoms with Crippen molar-refractivity contribution in [2.75, 3.05) is 0 Å². The smallest absolute Gasteiger partial charge is 0.320 e. The fourth-order valence-corrected chi connectivity index (χ4v) is 3.66. The van der Waals surface area contributed by atoms with Gasteiger partial charge in [-0.3, -0.25) is 9.59 Å². The topological polar surface area (TPSA) is 101 Å². The molecule has 0 aromatic heterocycles. The molecule has 106 valence electrons. The Balaban J connectivity index is 1.67. The average Bonchev–Trinajstić information content (AvgIpc) is 2.27. The summed E-state index contributed by atoms with van der Waals surface area (Å²) in [4.78, 5) is 21.8. The van der Waals surface area contributed by atoms with E-state index in [2.05, 4.69) is 0 Å². The lowest BCUT2D eigenvalue weighted by Crippen LogP contribution is -2.67. The molecule has 20 heavy (non-hydrogen) atoms. The second-order valence-electron chi connectivity index (χ2n) is 6.24. The second kappa shape index (κ2) is 4.06. The van der Waals surface area contributed by atoms with Gasteiger partial charge >= 0.3 is 11.9 Å². The van der Waals surface area contributed by atoms with Gasteiger partial charge in [0, 0.05) is 0 Å². The average molecular weight is 275 g/mol. The van der Waals surface area contributed by atoms with E-state index >= 15 is 0 Å². The van der Waals surface area contributed by atoms with Crippen LogP contribution >= 0.6 is 0 Å².